The highest BCUT2D eigenvalue weighted by Gasteiger charge is 2.22. The zero-order valence-corrected chi connectivity index (χ0v) is 13.6. The molecule has 2 rings (SSSR count). The van der Waals surface area contributed by atoms with Crippen molar-refractivity contribution in [2.75, 3.05) is 26.2 Å². The Labute approximate surface area is 130 Å². The van der Waals surface area contributed by atoms with Crippen molar-refractivity contribution in [2.45, 2.75) is 32.4 Å². The summed E-state index contributed by atoms with van der Waals surface area (Å²) in [5.41, 5.74) is 1.35. The fourth-order valence-electron chi connectivity index (χ4n) is 2.73. The summed E-state index contributed by atoms with van der Waals surface area (Å²) in [7, 11) is 0. The molecule has 0 N–H and O–H groups in total. The standard InChI is InChI=1S/C16H22BrN3/c1-2-4-16(12-18)20-9-7-19(8-10-20)13-14-5-3-6-15(17)11-14/h3,5-6,11,16H,2,4,7-10,13H2,1H3. The zero-order chi connectivity index (χ0) is 14.4. The highest BCUT2D eigenvalue weighted by atomic mass is 79.9. The number of hydrogen-bond acceptors (Lipinski definition) is 3. The molecular formula is C16H22BrN3. The van der Waals surface area contributed by atoms with Gasteiger partial charge in [0, 0.05) is 37.2 Å². The van der Waals surface area contributed by atoms with E-state index in [1.54, 1.807) is 0 Å². The average Bonchev–Trinajstić information content (AvgIpc) is 2.46. The molecule has 0 spiro atoms. The van der Waals surface area contributed by atoms with Crippen molar-refractivity contribution in [1.82, 2.24) is 9.80 Å². The molecule has 1 fully saturated rings. The average molecular weight is 336 g/mol. The third-order valence-electron chi connectivity index (χ3n) is 3.85. The van der Waals surface area contributed by atoms with Crippen molar-refractivity contribution in [2.24, 2.45) is 0 Å². The molecule has 0 amide bonds. The molecule has 1 atom stereocenters. The van der Waals surface area contributed by atoms with Gasteiger partial charge in [0.15, 0.2) is 0 Å². The molecule has 0 aromatic heterocycles. The van der Waals surface area contributed by atoms with Crippen molar-refractivity contribution in [3.8, 4) is 6.07 Å². The van der Waals surface area contributed by atoms with Gasteiger partial charge in [0.25, 0.3) is 0 Å². The Hall–Kier alpha value is -0.890. The van der Waals surface area contributed by atoms with Crippen molar-refractivity contribution < 1.29 is 0 Å². The normalized spacial score (nSPS) is 18.6. The van der Waals surface area contributed by atoms with Crippen LogP contribution < -0.4 is 0 Å². The lowest BCUT2D eigenvalue weighted by Gasteiger charge is -2.36. The van der Waals surface area contributed by atoms with Crippen molar-refractivity contribution in [3.63, 3.8) is 0 Å². The van der Waals surface area contributed by atoms with Gasteiger partial charge in [0.2, 0.25) is 0 Å². The molecule has 3 nitrogen and oxygen atoms in total. The third kappa shape index (κ3) is 4.31. The molecule has 1 unspecified atom stereocenters. The second kappa shape index (κ2) is 7.78. The predicted molar refractivity (Wildman–Crippen MR) is 85.3 cm³/mol. The summed E-state index contributed by atoms with van der Waals surface area (Å²) in [6.07, 6.45) is 2.07. The second-order valence-electron chi connectivity index (χ2n) is 5.38. The number of rotatable bonds is 5. The maximum atomic E-state index is 9.23. The smallest absolute Gasteiger partial charge is 0.0978 e. The molecule has 20 heavy (non-hydrogen) atoms. The van der Waals surface area contributed by atoms with Crippen LogP contribution in [0.1, 0.15) is 25.3 Å². The summed E-state index contributed by atoms with van der Waals surface area (Å²) in [6.45, 7) is 7.26. The number of hydrogen-bond donors (Lipinski definition) is 0. The van der Waals surface area contributed by atoms with Crippen molar-refractivity contribution >= 4 is 15.9 Å². The quantitative estimate of drug-likeness (QED) is 0.827. The van der Waals surface area contributed by atoms with Gasteiger partial charge < -0.3 is 0 Å². The molecule has 4 heteroatoms. The fourth-order valence-corrected chi connectivity index (χ4v) is 3.18. The van der Waals surface area contributed by atoms with Gasteiger partial charge in [-0.25, -0.2) is 0 Å². The first-order chi connectivity index (χ1) is 9.72. The van der Waals surface area contributed by atoms with E-state index >= 15 is 0 Å². The molecule has 1 aromatic rings. The highest BCUT2D eigenvalue weighted by Crippen LogP contribution is 2.16. The molecule has 0 bridgehead atoms. The third-order valence-corrected chi connectivity index (χ3v) is 4.35. The maximum absolute atomic E-state index is 9.23. The fraction of sp³-hybridized carbons (Fsp3) is 0.562. The van der Waals surface area contributed by atoms with Crippen molar-refractivity contribution in [1.29, 1.82) is 5.26 Å². The topological polar surface area (TPSA) is 30.3 Å². The van der Waals surface area contributed by atoms with Crippen LogP contribution in [0.5, 0.6) is 0 Å². The number of halogens is 1. The van der Waals surface area contributed by atoms with Gasteiger partial charge in [-0.3, -0.25) is 9.80 Å². The van der Waals surface area contributed by atoms with Gasteiger partial charge in [0.1, 0.15) is 0 Å². The molecule has 0 saturated carbocycles. The molecule has 0 radical (unpaired) electrons. The number of nitriles is 1. The SMILES string of the molecule is CCCC(C#N)N1CCN(Cc2cccc(Br)c2)CC1. The van der Waals surface area contributed by atoms with E-state index in [-0.39, 0.29) is 6.04 Å². The van der Waals surface area contributed by atoms with Crippen LogP contribution >= 0.6 is 15.9 Å². The van der Waals surface area contributed by atoms with Crippen LogP contribution in [0, 0.1) is 11.3 Å². The monoisotopic (exact) mass is 335 g/mol. The molecule has 1 aliphatic heterocycles. The second-order valence-corrected chi connectivity index (χ2v) is 6.29. The van der Waals surface area contributed by atoms with Gasteiger partial charge in [-0.15, -0.1) is 0 Å². The van der Waals surface area contributed by atoms with Gasteiger partial charge in [-0.2, -0.15) is 5.26 Å². The molecule has 1 saturated heterocycles. The summed E-state index contributed by atoms with van der Waals surface area (Å²) in [5.74, 6) is 0. The minimum absolute atomic E-state index is 0.105. The van der Waals surface area contributed by atoms with Gasteiger partial charge in [-0.05, 0) is 24.1 Å². The van der Waals surface area contributed by atoms with E-state index in [0.717, 1.165) is 50.0 Å². The van der Waals surface area contributed by atoms with Crippen LogP contribution in [0.15, 0.2) is 28.7 Å². The van der Waals surface area contributed by atoms with Crippen LogP contribution in [0.3, 0.4) is 0 Å². The van der Waals surface area contributed by atoms with Gasteiger partial charge in [-0.1, -0.05) is 41.4 Å². The lowest BCUT2D eigenvalue weighted by molar-refractivity contribution is 0.106. The lowest BCUT2D eigenvalue weighted by Crippen LogP contribution is -2.49. The predicted octanol–water partition coefficient (Wildman–Crippen LogP) is 3.26. The van der Waals surface area contributed by atoms with Crippen LogP contribution in [-0.4, -0.2) is 42.0 Å². The van der Waals surface area contributed by atoms with E-state index in [4.69, 9.17) is 0 Å². The molecule has 1 aromatic carbocycles. The molecular weight excluding hydrogens is 314 g/mol. The molecule has 1 aliphatic rings. The Morgan fingerprint density at radius 2 is 2.05 bits per heavy atom. The number of piperazine rings is 1. The Morgan fingerprint density at radius 1 is 1.30 bits per heavy atom. The minimum Gasteiger partial charge on any atom is -0.297 e. The van der Waals surface area contributed by atoms with Crippen LogP contribution in [0.2, 0.25) is 0 Å². The Balaban J connectivity index is 1.84. The summed E-state index contributed by atoms with van der Waals surface area (Å²) in [6, 6.07) is 11.1. The molecule has 1 heterocycles. The summed E-state index contributed by atoms with van der Waals surface area (Å²) in [4.78, 5) is 4.81. The molecule has 0 aliphatic carbocycles. The first-order valence-electron chi connectivity index (χ1n) is 7.33. The van der Waals surface area contributed by atoms with Gasteiger partial charge in [0.05, 0.1) is 12.1 Å². The highest BCUT2D eigenvalue weighted by molar-refractivity contribution is 9.10. The van der Waals surface area contributed by atoms with E-state index in [1.807, 2.05) is 0 Å². The van der Waals surface area contributed by atoms with E-state index in [9.17, 15) is 5.26 Å². The zero-order valence-electron chi connectivity index (χ0n) is 12.1. The van der Waals surface area contributed by atoms with Crippen LogP contribution in [0.25, 0.3) is 0 Å². The first-order valence-corrected chi connectivity index (χ1v) is 8.12. The maximum Gasteiger partial charge on any atom is 0.0978 e. The summed E-state index contributed by atoms with van der Waals surface area (Å²) >= 11 is 3.52. The van der Waals surface area contributed by atoms with E-state index in [0.29, 0.717) is 0 Å². The minimum atomic E-state index is 0.105. The number of nitrogens with zero attached hydrogens (tertiary/aromatic N) is 3. The van der Waals surface area contributed by atoms with Crippen LogP contribution in [0.4, 0.5) is 0 Å². The molecule has 108 valence electrons. The Morgan fingerprint density at radius 3 is 2.65 bits per heavy atom. The van der Waals surface area contributed by atoms with E-state index in [1.165, 1.54) is 5.56 Å². The lowest BCUT2D eigenvalue weighted by atomic mass is 10.1. The van der Waals surface area contributed by atoms with Gasteiger partial charge >= 0.3 is 0 Å². The van der Waals surface area contributed by atoms with E-state index < -0.39 is 0 Å². The number of benzene rings is 1. The Bertz CT molecular complexity index is 461. The largest absolute Gasteiger partial charge is 0.297 e. The van der Waals surface area contributed by atoms with E-state index in [2.05, 4.69) is 63.0 Å². The van der Waals surface area contributed by atoms with Crippen molar-refractivity contribution in [3.05, 3.63) is 34.3 Å². The first kappa shape index (κ1) is 15.5. The summed E-state index contributed by atoms with van der Waals surface area (Å²) in [5, 5.41) is 9.23. The van der Waals surface area contributed by atoms with Crippen LogP contribution in [-0.2, 0) is 6.54 Å². The Kier molecular flexibility index (Phi) is 6.03. The summed E-state index contributed by atoms with van der Waals surface area (Å²) < 4.78 is 1.14.